The Morgan fingerprint density at radius 1 is 1.50 bits per heavy atom. The average molecular weight is 296 g/mol. The Labute approximate surface area is 125 Å². The normalized spacial score (nSPS) is 17.2. The standard InChI is InChI=1S/C15H24N2O2S/c1-19-9-8-17-6-4-13(5-7-17)12-16-15(18)11-14-3-2-10-20-14/h2-3,10,13H,4-9,11-12H2,1H3,(H,16,18). The van der Waals surface area contributed by atoms with Gasteiger partial charge in [-0.2, -0.15) is 0 Å². The van der Waals surface area contributed by atoms with Crippen molar-refractivity contribution in [2.24, 2.45) is 5.92 Å². The van der Waals surface area contributed by atoms with E-state index in [9.17, 15) is 4.79 Å². The molecule has 0 saturated carbocycles. The molecule has 1 aliphatic heterocycles. The van der Waals surface area contributed by atoms with Crippen LogP contribution in [0.15, 0.2) is 17.5 Å². The van der Waals surface area contributed by atoms with E-state index in [2.05, 4.69) is 10.2 Å². The molecule has 20 heavy (non-hydrogen) atoms. The maximum absolute atomic E-state index is 11.8. The smallest absolute Gasteiger partial charge is 0.225 e. The van der Waals surface area contributed by atoms with Crippen molar-refractivity contribution in [3.05, 3.63) is 22.4 Å². The Morgan fingerprint density at radius 3 is 2.95 bits per heavy atom. The van der Waals surface area contributed by atoms with Gasteiger partial charge in [-0.3, -0.25) is 4.79 Å². The molecule has 0 spiro atoms. The zero-order chi connectivity index (χ0) is 14.2. The fourth-order valence-corrected chi connectivity index (χ4v) is 3.23. The van der Waals surface area contributed by atoms with Crippen LogP contribution in [0.2, 0.25) is 0 Å². The summed E-state index contributed by atoms with van der Waals surface area (Å²) in [5.74, 6) is 0.773. The predicted octanol–water partition coefficient (Wildman–Crippen LogP) is 1.77. The van der Waals surface area contributed by atoms with Crippen LogP contribution in [0.5, 0.6) is 0 Å². The summed E-state index contributed by atoms with van der Waals surface area (Å²) in [5, 5.41) is 5.09. The molecule has 112 valence electrons. The van der Waals surface area contributed by atoms with E-state index in [1.165, 1.54) is 12.8 Å². The van der Waals surface area contributed by atoms with E-state index in [1.54, 1.807) is 18.4 Å². The molecule has 1 amide bonds. The van der Waals surface area contributed by atoms with Crippen molar-refractivity contribution in [3.63, 3.8) is 0 Å². The van der Waals surface area contributed by atoms with Crippen LogP contribution < -0.4 is 5.32 Å². The molecular weight excluding hydrogens is 272 g/mol. The van der Waals surface area contributed by atoms with Gasteiger partial charge in [0.15, 0.2) is 0 Å². The number of hydrogen-bond acceptors (Lipinski definition) is 4. The van der Waals surface area contributed by atoms with E-state index in [0.717, 1.165) is 37.7 Å². The molecule has 0 unspecified atom stereocenters. The number of nitrogens with zero attached hydrogens (tertiary/aromatic N) is 1. The monoisotopic (exact) mass is 296 g/mol. The zero-order valence-corrected chi connectivity index (χ0v) is 13.0. The topological polar surface area (TPSA) is 41.6 Å². The fourth-order valence-electron chi connectivity index (χ4n) is 2.53. The fraction of sp³-hybridized carbons (Fsp3) is 0.667. The van der Waals surface area contributed by atoms with Gasteiger partial charge in [0.1, 0.15) is 0 Å². The van der Waals surface area contributed by atoms with Gasteiger partial charge in [-0.1, -0.05) is 6.07 Å². The lowest BCUT2D eigenvalue weighted by atomic mass is 9.97. The minimum absolute atomic E-state index is 0.147. The number of methoxy groups -OCH3 is 1. The Hall–Kier alpha value is -0.910. The molecule has 1 saturated heterocycles. The quantitative estimate of drug-likeness (QED) is 0.834. The summed E-state index contributed by atoms with van der Waals surface area (Å²) in [7, 11) is 1.75. The van der Waals surface area contributed by atoms with Crippen LogP contribution in [0.25, 0.3) is 0 Å². The van der Waals surface area contributed by atoms with Gasteiger partial charge in [0.05, 0.1) is 13.0 Å². The summed E-state index contributed by atoms with van der Waals surface area (Å²) in [6, 6.07) is 4.00. The number of carbonyl (C=O) groups is 1. The average Bonchev–Trinajstić information content (AvgIpc) is 2.97. The maximum atomic E-state index is 11.8. The molecule has 1 aromatic rings. The van der Waals surface area contributed by atoms with E-state index in [1.807, 2.05) is 17.5 Å². The van der Waals surface area contributed by atoms with Gasteiger partial charge in [0.2, 0.25) is 5.91 Å². The minimum Gasteiger partial charge on any atom is -0.383 e. The van der Waals surface area contributed by atoms with Gasteiger partial charge >= 0.3 is 0 Å². The van der Waals surface area contributed by atoms with Crippen LogP contribution in [0, 0.1) is 5.92 Å². The van der Waals surface area contributed by atoms with E-state index < -0.39 is 0 Å². The molecule has 2 rings (SSSR count). The first-order valence-electron chi connectivity index (χ1n) is 7.28. The molecule has 4 nitrogen and oxygen atoms in total. The molecule has 0 atom stereocenters. The van der Waals surface area contributed by atoms with Crippen LogP contribution in [-0.4, -0.2) is 50.7 Å². The van der Waals surface area contributed by atoms with Gasteiger partial charge < -0.3 is 15.0 Å². The first-order chi connectivity index (χ1) is 9.78. The van der Waals surface area contributed by atoms with Crippen LogP contribution in [-0.2, 0) is 16.0 Å². The number of carbonyl (C=O) groups excluding carboxylic acids is 1. The molecule has 0 radical (unpaired) electrons. The number of amides is 1. The van der Waals surface area contributed by atoms with E-state index in [4.69, 9.17) is 4.74 Å². The third-order valence-corrected chi connectivity index (χ3v) is 4.70. The number of hydrogen-bond donors (Lipinski definition) is 1. The Kier molecular flexibility index (Phi) is 6.50. The van der Waals surface area contributed by atoms with Crippen molar-refractivity contribution < 1.29 is 9.53 Å². The van der Waals surface area contributed by atoms with Crippen molar-refractivity contribution in [2.75, 3.05) is 39.9 Å². The lowest BCUT2D eigenvalue weighted by Crippen LogP contribution is -2.40. The van der Waals surface area contributed by atoms with Gasteiger partial charge in [-0.25, -0.2) is 0 Å². The first kappa shape index (κ1) is 15.5. The van der Waals surface area contributed by atoms with E-state index >= 15 is 0 Å². The Balaban J connectivity index is 1.60. The molecule has 1 aromatic heterocycles. The summed E-state index contributed by atoms with van der Waals surface area (Å²) in [6.07, 6.45) is 2.86. The highest BCUT2D eigenvalue weighted by molar-refractivity contribution is 7.10. The summed E-state index contributed by atoms with van der Waals surface area (Å²) in [6.45, 7) is 4.89. The largest absolute Gasteiger partial charge is 0.383 e. The SMILES string of the molecule is COCCN1CCC(CNC(=O)Cc2cccs2)CC1. The molecule has 0 aliphatic carbocycles. The second kappa shape index (κ2) is 8.39. The number of likely N-dealkylation sites (tertiary alicyclic amines) is 1. The van der Waals surface area contributed by atoms with Gasteiger partial charge in [0, 0.05) is 25.1 Å². The molecule has 1 aliphatic rings. The molecule has 2 heterocycles. The summed E-state index contributed by atoms with van der Waals surface area (Å²) in [5.41, 5.74) is 0. The third kappa shape index (κ3) is 5.23. The minimum atomic E-state index is 0.147. The maximum Gasteiger partial charge on any atom is 0.225 e. The number of piperidine rings is 1. The number of ether oxygens (including phenoxy) is 1. The van der Waals surface area contributed by atoms with Crippen LogP contribution >= 0.6 is 11.3 Å². The lowest BCUT2D eigenvalue weighted by Gasteiger charge is -2.31. The highest BCUT2D eigenvalue weighted by atomic mass is 32.1. The second-order valence-electron chi connectivity index (χ2n) is 5.34. The lowest BCUT2D eigenvalue weighted by molar-refractivity contribution is -0.120. The molecule has 1 N–H and O–H groups in total. The van der Waals surface area contributed by atoms with Gasteiger partial charge in [0.25, 0.3) is 0 Å². The van der Waals surface area contributed by atoms with Crippen molar-refractivity contribution in [2.45, 2.75) is 19.3 Å². The van der Waals surface area contributed by atoms with Crippen LogP contribution in [0.4, 0.5) is 0 Å². The zero-order valence-electron chi connectivity index (χ0n) is 12.1. The highest BCUT2D eigenvalue weighted by Gasteiger charge is 2.19. The van der Waals surface area contributed by atoms with E-state index in [-0.39, 0.29) is 5.91 Å². The number of nitrogens with one attached hydrogen (secondary N) is 1. The molecule has 1 fully saturated rings. The molecule has 5 heteroatoms. The van der Waals surface area contributed by atoms with Crippen LogP contribution in [0.3, 0.4) is 0 Å². The number of rotatable bonds is 7. The van der Waals surface area contributed by atoms with Crippen molar-refractivity contribution >= 4 is 17.2 Å². The van der Waals surface area contributed by atoms with Crippen molar-refractivity contribution in [3.8, 4) is 0 Å². The first-order valence-corrected chi connectivity index (χ1v) is 8.16. The predicted molar refractivity (Wildman–Crippen MR) is 82.1 cm³/mol. The summed E-state index contributed by atoms with van der Waals surface area (Å²) >= 11 is 1.64. The molecule has 0 aromatic carbocycles. The molecule has 0 bridgehead atoms. The molecular formula is C15H24N2O2S. The third-order valence-electron chi connectivity index (χ3n) is 3.82. The second-order valence-corrected chi connectivity index (χ2v) is 6.37. The number of thiophene rings is 1. The summed E-state index contributed by atoms with van der Waals surface area (Å²) in [4.78, 5) is 15.4. The highest BCUT2D eigenvalue weighted by Crippen LogP contribution is 2.16. The summed E-state index contributed by atoms with van der Waals surface area (Å²) < 4.78 is 5.10. The van der Waals surface area contributed by atoms with E-state index in [0.29, 0.717) is 12.3 Å². The van der Waals surface area contributed by atoms with Gasteiger partial charge in [-0.05, 0) is 43.3 Å². The van der Waals surface area contributed by atoms with Crippen molar-refractivity contribution in [1.82, 2.24) is 10.2 Å². The Morgan fingerprint density at radius 2 is 2.30 bits per heavy atom. The Bertz CT molecular complexity index is 387. The van der Waals surface area contributed by atoms with Gasteiger partial charge in [-0.15, -0.1) is 11.3 Å². The van der Waals surface area contributed by atoms with Crippen LogP contribution in [0.1, 0.15) is 17.7 Å². The van der Waals surface area contributed by atoms with Crippen molar-refractivity contribution in [1.29, 1.82) is 0 Å².